The molecule has 1 aliphatic rings. The van der Waals surface area contributed by atoms with Gasteiger partial charge in [0.05, 0.1) is 42.8 Å². The molecular weight excluding hydrogens is 456 g/mol. The van der Waals surface area contributed by atoms with Gasteiger partial charge in [0.2, 0.25) is 0 Å². The Bertz CT molecular complexity index is 1480. The van der Waals surface area contributed by atoms with E-state index >= 15 is 0 Å². The largest absolute Gasteiger partial charge is 0.497 e. The summed E-state index contributed by atoms with van der Waals surface area (Å²) in [6.45, 7) is 5.62. The first-order valence-corrected chi connectivity index (χ1v) is 11.5. The topological polar surface area (TPSA) is 96.9 Å². The van der Waals surface area contributed by atoms with Gasteiger partial charge in [-0.15, -0.1) is 0 Å². The van der Waals surface area contributed by atoms with E-state index in [9.17, 15) is 9.59 Å². The van der Waals surface area contributed by atoms with Crippen LogP contribution in [-0.2, 0) is 16.6 Å². The van der Waals surface area contributed by atoms with Gasteiger partial charge in [0, 0.05) is 29.9 Å². The summed E-state index contributed by atoms with van der Waals surface area (Å²) in [5.41, 5.74) is 2.93. The summed E-state index contributed by atoms with van der Waals surface area (Å²) < 4.78 is 20.1. The van der Waals surface area contributed by atoms with Crippen LogP contribution in [0.4, 0.5) is 0 Å². The zero-order chi connectivity index (χ0) is 24.6. The first-order chi connectivity index (χ1) is 16.3. The molecule has 0 unspecified atom stereocenters. The second-order valence-corrected chi connectivity index (χ2v) is 8.73. The number of carbonyl (C=O) groups is 1. The normalized spacial score (nSPS) is 15.7. The van der Waals surface area contributed by atoms with Gasteiger partial charge in [-0.3, -0.25) is 14.0 Å². The molecule has 0 aliphatic carbocycles. The molecule has 9 nitrogen and oxygen atoms in total. The SMILES string of the molecule is CCOC(=O)C1=C(C)N=c2s/c(=C\c3cnn(C)c3C)c(=O)n2[C@@H]1c1ccc(OC)cc1OC. The number of aryl methyl sites for hydroxylation is 1. The van der Waals surface area contributed by atoms with E-state index in [4.69, 9.17) is 14.2 Å². The zero-order valence-electron chi connectivity index (χ0n) is 19.9. The predicted molar refractivity (Wildman–Crippen MR) is 128 cm³/mol. The molecule has 0 amide bonds. The molecule has 0 N–H and O–H groups in total. The third-order valence-corrected chi connectivity index (χ3v) is 6.80. The van der Waals surface area contributed by atoms with Crippen molar-refractivity contribution in [2.24, 2.45) is 12.0 Å². The molecule has 0 spiro atoms. The summed E-state index contributed by atoms with van der Waals surface area (Å²) in [5.74, 6) is 0.556. The minimum atomic E-state index is -0.770. The molecular formula is C24H26N4O5S. The van der Waals surface area contributed by atoms with Crippen LogP contribution in [0.5, 0.6) is 11.5 Å². The highest BCUT2D eigenvalue weighted by Gasteiger charge is 2.35. The number of aromatic nitrogens is 3. The number of fused-ring (bicyclic) bond motifs is 1. The molecule has 4 rings (SSSR count). The molecule has 178 valence electrons. The van der Waals surface area contributed by atoms with Crippen molar-refractivity contribution in [2.45, 2.75) is 26.8 Å². The summed E-state index contributed by atoms with van der Waals surface area (Å²) in [5, 5.41) is 4.25. The number of allylic oxidation sites excluding steroid dienone is 1. The van der Waals surface area contributed by atoms with Crippen LogP contribution in [-0.4, -0.2) is 41.1 Å². The number of carbonyl (C=O) groups excluding carboxylic acids is 1. The lowest BCUT2D eigenvalue weighted by Crippen LogP contribution is -2.40. The number of rotatable bonds is 6. The highest BCUT2D eigenvalue weighted by Crippen LogP contribution is 2.37. The first kappa shape index (κ1) is 23.5. The molecule has 1 aliphatic heterocycles. The molecule has 3 heterocycles. The summed E-state index contributed by atoms with van der Waals surface area (Å²) >= 11 is 1.26. The third-order valence-electron chi connectivity index (χ3n) is 5.81. The van der Waals surface area contributed by atoms with Crippen molar-refractivity contribution < 1.29 is 19.0 Å². The van der Waals surface area contributed by atoms with E-state index in [1.807, 2.05) is 14.0 Å². The van der Waals surface area contributed by atoms with Gasteiger partial charge in [0.15, 0.2) is 4.80 Å². The summed E-state index contributed by atoms with van der Waals surface area (Å²) in [6.07, 6.45) is 3.52. The number of nitrogens with zero attached hydrogens (tertiary/aromatic N) is 4. The van der Waals surface area contributed by atoms with Crippen molar-refractivity contribution in [2.75, 3.05) is 20.8 Å². The molecule has 1 atom stereocenters. The van der Waals surface area contributed by atoms with Crippen LogP contribution >= 0.6 is 11.3 Å². The van der Waals surface area contributed by atoms with E-state index in [1.165, 1.54) is 23.0 Å². The molecule has 34 heavy (non-hydrogen) atoms. The monoisotopic (exact) mass is 482 g/mol. The number of methoxy groups -OCH3 is 2. The number of hydrogen-bond acceptors (Lipinski definition) is 8. The zero-order valence-corrected chi connectivity index (χ0v) is 20.7. The summed E-state index contributed by atoms with van der Waals surface area (Å²) in [7, 11) is 4.94. The highest BCUT2D eigenvalue weighted by atomic mass is 32.1. The number of thiazole rings is 1. The van der Waals surface area contributed by atoms with Crippen molar-refractivity contribution in [3.05, 3.63) is 72.2 Å². The van der Waals surface area contributed by atoms with Crippen molar-refractivity contribution in [3.63, 3.8) is 0 Å². The lowest BCUT2D eigenvalue weighted by Gasteiger charge is -2.26. The average molecular weight is 483 g/mol. The summed E-state index contributed by atoms with van der Waals surface area (Å²) in [6, 6.07) is 4.52. The van der Waals surface area contributed by atoms with Gasteiger partial charge in [-0.05, 0) is 39.0 Å². The average Bonchev–Trinajstić information content (AvgIpc) is 3.31. The Balaban J connectivity index is 2.01. The lowest BCUT2D eigenvalue weighted by atomic mass is 9.95. The van der Waals surface area contributed by atoms with Crippen LogP contribution in [0.2, 0.25) is 0 Å². The molecule has 0 bridgehead atoms. The number of ether oxygens (including phenoxy) is 3. The van der Waals surface area contributed by atoms with E-state index in [1.54, 1.807) is 56.1 Å². The molecule has 0 saturated carbocycles. The second kappa shape index (κ2) is 9.30. The van der Waals surface area contributed by atoms with E-state index in [0.29, 0.717) is 37.7 Å². The molecule has 0 saturated heterocycles. The fourth-order valence-corrected chi connectivity index (χ4v) is 4.97. The Labute approximate surface area is 200 Å². The number of benzene rings is 1. The minimum Gasteiger partial charge on any atom is -0.497 e. The van der Waals surface area contributed by atoms with Gasteiger partial charge in [-0.2, -0.15) is 5.10 Å². The van der Waals surface area contributed by atoms with Gasteiger partial charge in [-0.1, -0.05) is 11.3 Å². The Morgan fingerprint density at radius 2 is 2.00 bits per heavy atom. The molecule has 0 fully saturated rings. The van der Waals surface area contributed by atoms with Crippen molar-refractivity contribution in [1.82, 2.24) is 14.3 Å². The van der Waals surface area contributed by atoms with Crippen LogP contribution in [0.1, 0.15) is 36.7 Å². The van der Waals surface area contributed by atoms with Gasteiger partial charge in [-0.25, -0.2) is 9.79 Å². The maximum absolute atomic E-state index is 13.7. The Hall–Kier alpha value is -3.66. The molecule has 1 aromatic carbocycles. The van der Waals surface area contributed by atoms with E-state index < -0.39 is 12.0 Å². The second-order valence-electron chi connectivity index (χ2n) is 7.72. The maximum Gasteiger partial charge on any atom is 0.338 e. The van der Waals surface area contributed by atoms with Gasteiger partial charge in [0.1, 0.15) is 17.5 Å². The van der Waals surface area contributed by atoms with Crippen molar-refractivity contribution in [3.8, 4) is 11.5 Å². The Morgan fingerprint density at radius 3 is 2.62 bits per heavy atom. The van der Waals surface area contributed by atoms with Crippen LogP contribution < -0.4 is 24.4 Å². The van der Waals surface area contributed by atoms with Gasteiger partial charge >= 0.3 is 5.97 Å². The molecule has 0 radical (unpaired) electrons. The fraction of sp³-hybridized carbons (Fsp3) is 0.333. The molecule has 10 heteroatoms. The van der Waals surface area contributed by atoms with Crippen LogP contribution in [0.3, 0.4) is 0 Å². The van der Waals surface area contributed by atoms with Crippen LogP contribution in [0.25, 0.3) is 6.08 Å². The van der Waals surface area contributed by atoms with E-state index in [-0.39, 0.29) is 12.2 Å². The predicted octanol–water partition coefficient (Wildman–Crippen LogP) is 1.86. The fourth-order valence-electron chi connectivity index (χ4n) is 3.93. The highest BCUT2D eigenvalue weighted by molar-refractivity contribution is 7.07. The number of esters is 1. The quantitative estimate of drug-likeness (QED) is 0.498. The minimum absolute atomic E-state index is 0.201. The van der Waals surface area contributed by atoms with Gasteiger partial charge < -0.3 is 14.2 Å². The molecule has 2 aromatic heterocycles. The van der Waals surface area contributed by atoms with E-state index in [0.717, 1.165) is 11.3 Å². The smallest absolute Gasteiger partial charge is 0.338 e. The summed E-state index contributed by atoms with van der Waals surface area (Å²) in [4.78, 5) is 31.8. The van der Waals surface area contributed by atoms with Crippen molar-refractivity contribution in [1.29, 1.82) is 0 Å². The van der Waals surface area contributed by atoms with Crippen LogP contribution in [0.15, 0.2) is 45.5 Å². The lowest BCUT2D eigenvalue weighted by molar-refractivity contribution is -0.139. The Kier molecular flexibility index (Phi) is 6.43. The van der Waals surface area contributed by atoms with Gasteiger partial charge in [0.25, 0.3) is 5.56 Å². The number of hydrogen-bond donors (Lipinski definition) is 0. The van der Waals surface area contributed by atoms with Crippen molar-refractivity contribution >= 4 is 23.4 Å². The maximum atomic E-state index is 13.7. The standard InChI is InChI=1S/C24H26N4O5S/c1-7-33-23(30)20-13(2)26-24-28(21(20)17-9-8-16(31-5)11-18(17)32-6)22(29)19(34-24)10-15-12-25-27(4)14(15)3/h8-12,21H,7H2,1-6H3/b19-10-/t21-/m1/s1. The Morgan fingerprint density at radius 1 is 1.24 bits per heavy atom. The third kappa shape index (κ3) is 3.94. The van der Waals surface area contributed by atoms with E-state index in [2.05, 4.69) is 10.1 Å². The molecule has 3 aromatic rings. The first-order valence-electron chi connectivity index (χ1n) is 10.7. The van der Waals surface area contributed by atoms with Crippen LogP contribution in [0, 0.1) is 6.92 Å².